The maximum atomic E-state index is 12.8. The number of hydrogen-bond acceptors (Lipinski definition) is 5. The fraction of sp³-hybridized carbons (Fsp3) is 0.130. The molecule has 156 valence electrons. The van der Waals surface area contributed by atoms with E-state index in [1.807, 2.05) is 53.9 Å². The molecule has 0 saturated heterocycles. The van der Waals surface area contributed by atoms with Crippen LogP contribution in [0, 0.1) is 6.92 Å². The smallest absolute Gasteiger partial charge is 0.298 e. The van der Waals surface area contributed by atoms with Gasteiger partial charge < -0.3 is 10.3 Å². The van der Waals surface area contributed by atoms with Gasteiger partial charge in [-0.3, -0.25) is 19.7 Å². The number of amides is 2. The van der Waals surface area contributed by atoms with E-state index in [0.29, 0.717) is 28.6 Å². The van der Waals surface area contributed by atoms with Gasteiger partial charge in [0.15, 0.2) is 5.13 Å². The average Bonchev–Trinajstić information content (AvgIpc) is 3.35. The predicted molar refractivity (Wildman–Crippen MR) is 121 cm³/mol. The number of para-hydroxylation sites is 1. The van der Waals surface area contributed by atoms with Crippen molar-refractivity contribution in [2.75, 3.05) is 5.32 Å². The van der Waals surface area contributed by atoms with E-state index in [9.17, 15) is 14.4 Å². The molecule has 0 aliphatic carbocycles. The minimum Gasteiger partial charge on any atom is -0.358 e. The molecule has 4 aromatic rings. The lowest BCUT2D eigenvalue weighted by molar-refractivity contribution is -0.119. The minimum atomic E-state index is -0.723. The Morgan fingerprint density at radius 3 is 2.55 bits per heavy atom. The lowest BCUT2D eigenvalue weighted by Crippen LogP contribution is -2.23. The summed E-state index contributed by atoms with van der Waals surface area (Å²) < 4.78 is 0. The highest BCUT2D eigenvalue weighted by Crippen LogP contribution is 2.26. The van der Waals surface area contributed by atoms with Crippen molar-refractivity contribution in [2.45, 2.75) is 20.4 Å². The number of Topliss-reactive ketones (excluding diaryl/α,β-unsaturated/α-hetero) is 1. The van der Waals surface area contributed by atoms with Crippen molar-refractivity contribution in [3.05, 3.63) is 70.7 Å². The van der Waals surface area contributed by atoms with Gasteiger partial charge in [-0.15, -0.1) is 11.3 Å². The lowest BCUT2D eigenvalue weighted by atomic mass is 10.1. The molecule has 0 aliphatic heterocycles. The number of nitrogens with zero attached hydrogens (tertiary/aromatic N) is 1. The average molecular weight is 433 g/mol. The summed E-state index contributed by atoms with van der Waals surface area (Å²) in [5.74, 6) is -1.41. The van der Waals surface area contributed by atoms with Crippen molar-refractivity contribution in [1.29, 1.82) is 0 Å². The molecular formula is C23H20N4O3S. The summed E-state index contributed by atoms with van der Waals surface area (Å²) >= 11 is 1.25. The number of anilines is 1. The van der Waals surface area contributed by atoms with E-state index < -0.39 is 11.7 Å². The van der Waals surface area contributed by atoms with Gasteiger partial charge in [-0.2, -0.15) is 0 Å². The molecule has 0 saturated carbocycles. The zero-order chi connectivity index (χ0) is 22.0. The minimum absolute atomic E-state index is 0.0821. The Bertz CT molecular complexity index is 1290. The van der Waals surface area contributed by atoms with Crippen LogP contribution >= 0.6 is 11.3 Å². The van der Waals surface area contributed by atoms with Crippen LogP contribution in [0.1, 0.15) is 28.5 Å². The number of aromatic nitrogens is 2. The maximum Gasteiger partial charge on any atom is 0.298 e. The number of nitrogens with one attached hydrogen (secondary N) is 3. The summed E-state index contributed by atoms with van der Waals surface area (Å²) in [7, 11) is 0. The van der Waals surface area contributed by atoms with E-state index >= 15 is 0 Å². The first-order valence-electron chi connectivity index (χ1n) is 9.64. The Balaban J connectivity index is 1.47. The second-order valence-electron chi connectivity index (χ2n) is 7.10. The fourth-order valence-corrected chi connectivity index (χ4v) is 4.04. The van der Waals surface area contributed by atoms with Crippen molar-refractivity contribution in [1.82, 2.24) is 15.3 Å². The fourth-order valence-electron chi connectivity index (χ4n) is 3.32. The van der Waals surface area contributed by atoms with Gasteiger partial charge in [-0.05, 0) is 18.6 Å². The van der Waals surface area contributed by atoms with Crippen molar-refractivity contribution >= 4 is 45.0 Å². The summed E-state index contributed by atoms with van der Waals surface area (Å²) in [5, 5.41) is 8.26. The Hall–Kier alpha value is -3.78. The molecule has 2 aromatic carbocycles. The van der Waals surface area contributed by atoms with Gasteiger partial charge in [-0.25, -0.2) is 4.98 Å². The number of ketones is 1. The van der Waals surface area contributed by atoms with Crippen LogP contribution in [0.3, 0.4) is 0 Å². The molecule has 2 amide bonds. The van der Waals surface area contributed by atoms with Gasteiger partial charge in [0.05, 0.1) is 11.3 Å². The Labute approximate surface area is 182 Å². The topological polar surface area (TPSA) is 104 Å². The molecule has 4 rings (SSSR count). The van der Waals surface area contributed by atoms with Crippen LogP contribution in [0.5, 0.6) is 0 Å². The molecule has 0 aliphatic rings. The molecule has 2 aromatic heterocycles. The zero-order valence-corrected chi connectivity index (χ0v) is 17.8. The third-order valence-corrected chi connectivity index (χ3v) is 5.60. The van der Waals surface area contributed by atoms with Gasteiger partial charge in [0.1, 0.15) is 0 Å². The number of thiazole rings is 1. The number of hydrogen-bond donors (Lipinski definition) is 3. The zero-order valence-electron chi connectivity index (χ0n) is 17.0. The number of aromatic amines is 1. The van der Waals surface area contributed by atoms with Crippen LogP contribution in [0.25, 0.3) is 22.2 Å². The molecular weight excluding hydrogens is 412 g/mol. The SMILES string of the molecule is CC(=O)NCc1ccc(-c2csc(NC(=O)C(=O)c3c(C)[nH]c4ccccc34)n2)cc1. The monoisotopic (exact) mass is 432 g/mol. The molecule has 8 heteroatoms. The van der Waals surface area contributed by atoms with Gasteiger partial charge in [-0.1, -0.05) is 42.5 Å². The molecule has 7 nitrogen and oxygen atoms in total. The molecule has 0 atom stereocenters. The number of benzene rings is 2. The standard InChI is InChI=1S/C23H20N4O3S/c1-13-20(17-5-3-4-6-18(17)25-13)21(29)22(30)27-23-26-19(12-31-23)16-9-7-15(8-10-16)11-24-14(2)28/h3-10,12,25H,11H2,1-2H3,(H,24,28)(H,26,27,30). The first kappa shape index (κ1) is 20.5. The summed E-state index contributed by atoms with van der Waals surface area (Å²) in [5.41, 5.74) is 4.39. The molecule has 0 spiro atoms. The third kappa shape index (κ3) is 4.39. The van der Waals surface area contributed by atoms with Gasteiger partial charge in [0, 0.05) is 41.0 Å². The van der Waals surface area contributed by atoms with Crippen molar-refractivity contribution in [3.8, 4) is 11.3 Å². The second kappa shape index (κ2) is 8.53. The van der Waals surface area contributed by atoms with E-state index in [1.165, 1.54) is 18.3 Å². The van der Waals surface area contributed by atoms with Crippen LogP contribution in [0.2, 0.25) is 0 Å². The predicted octanol–water partition coefficient (Wildman–Crippen LogP) is 4.06. The van der Waals surface area contributed by atoms with E-state index in [0.717, 1.165) is 22.0 Å². The van der Waals surface area contributed by atoms with Crippen molar-refractivity contribution in [2.24, 2.45) is 0 Å². The maximum absolute atomic E-state index is 12.8. The van der Waals surface area contributed by atoms with Crippen LogP contribution in [-0.4, -0.2) is 27.6 Å². The highest BCUT2D eigenvalue weighted by molar-refractivity contribution is 7.14. The van der Waals surface area contributed by atoms with Gasteiger partial charge in [0.25, 0.3) is 11.7 Å². The molecule has 0 unspecified atom stereocenters. The summed E-state index contributed by atoms with van der Waals surface area (Å²) in [6.07, 6.45) is 0. The number of carbonyl (C=O) groups is 3. The number of aryl methyl sites for hydroxylation is 1. The lowest BCUT2D eigenvalue weighted by Gasteiger charge is -2.04. The van der Waals surface area contributed by atoms with Crippen molar-refractivity contribution < 1.29 is 14.4 Å². The molecule has 0 radical (unpaired) electrons. The normalized spacial score (nSPS) is 10.8. The number of carbonyl (C=O) groups excluding carboxylic acids is 3. The molecule has 0 fully saturated rings. The Morgan fingerprint density at radius 2 is 1.81 bits per heavy atom. The Kier molecular flexibility index (Phi) is 5.64. The summed E-state index contributed by atoms with van der Waals surface area (Å²) in [6.45, 7) is 3.71. The first-order valence-corrected chi connectivity index (χ1v) is 10.5. The van der Waals surface area contributed by atoms with E-state index in [4.69, 9.17) is 0 Å². The van der Waals surface area contributed by atoms with Crippen LogP contribution in [-0.2, 0) is 16.1 Å². The highest BCUT2D eigenvalue weighted by Gasteiger charge is 2.23. The molecule has 2 heterocycles. The number of H-pyrrole nitrogens is 1. The van der Waals surface area contributed by atoms with E-state index in [1.54, 1.807) is 6.92 Å². The summed E-state index contributed by atoms with van der Waals surface area (Å²) in [4.78, 5) is 44.0. The third-order valence-electron chi connectivity index (χ3n) is 4.84. The first-order chi connectivity index (χ1) is 14.9. The molecule has 31 heavy (non-hydrogen) atoms. The van der Waals surface area contributed by atoms with Crippen LogP contribution in [0.15, 0.2) is 53.9 Å². The second-order valence-corrected chi connectivity index (χ2v) is 7.96. The molecule has 3 N–H and O–H groups in total. The number of rotatable bonds is 6. The number of fused-ring (bicyclic) bond motifs is 1. The van der Waals surface area contributed by atoms with Crippen LogP contribution < -0.4 is 10.6 Å². The summed E-state index contributed by atoms with van der Waals surface area (Å²) in [6, 6.07) is 15.0. The quantitative estimate of drug-likeness (QED) is 0.316. The van der Waals surface area contributed by atoms with E-state index in [2.05, 4.69) is 20.6 Å². The van der Waals surface area contributed by atoms with Crippen molar-refractivity contribution in [3.63, 3.8) is 0 Å². The molecule has 0 bridgehead atoms. The largest absolute Gasteiger partial charge is 0.358 e. The van der Waals surface area contributed by atoms with Gasteiger partial charge >= 0.3 is 0 Å². The van der Waals surface area contributed by atoms with Crippen LogP contribution in [0.4, 0.5) is 5.13 Å². The highest BCUT2D eigenvalue weighted by atomic mass is 32.1. The Morgan fingerprint density at radius 1 is 1.06 bits per heavy atom. The van der Waals surface area contributed by atoms with E-state index in [-0.39, 0.29) is 5.91 Å². The van der Waals surface area contributed by atoms with Gasteiger partial charge in [0.2, 0.25) is 5.91 Å².